The van der Waals surface area contributed by atoms with Gasteiger partial charge in [-0.2, -0.15) is 0 Å². The van der Waals surface area contributed by atoms with Crippen LogP contribution in [0, 0.1) is 0 Å². The molecule has 0 aliphatic heterocycles. The zero-order valence-electron chi connectivity index (χ0n) is 17.3. The van der Waals surface area contributed by atoms with Gasteiger partial charge < -0.3 is 10.1 Å². The Labute approximate surface area is 186 Å². The van der Waals surface area contributed by atoms with Crippen molar-refractivity contribution in [2.45, 2.75) is 26.5 Å². The molecule has 31 heavy (non-hydrogen) atoms. The summed E-state index contributed by atoms with van der Waals surface area (Å²) in [5, 5.41) is 4.26. The third-order valence-corrected chi connectivity index (χ3v) is 4.96. The van der Waals surface area contributed by atoms with Gasteiger partial charge in [0.15, 0.2) is 0 Å². The summed E-state index contributed by atoms with van der Waals surface area (Å²) in [7, 11) is 0. The highest BCUT2D eigenvalue weighted by atomic mass is 35.5. The summed E-state index contributed by atoms with van der Waals surface area (Å²) in [6, 6.07) is 18.6. The Kier molecular flexibility index (Phi) is 6.14. The van der Waals surface area contributed by atoms with Crippen molar-refractivity contribution in [3.8, 4) is 17.0 Å². The van der Waals surface area contributed by atoms with Crippen LogP contribution < -0.4 is 10.1 Å². The molecule has 6 heteroatoms. The third kappa shape index (κ3) is 5.01. The van der Waals surface area contributed by atoms with Crippen molar-refractivity contribution in [3.63, 3.8) is 0 Å². The second kappa shape index (κ2) is 9.14. The van der Waals surface area contributed by atoms with Gasteiger partial charge in [-0.3, -0.25) is 9.78 Å². The Balaban J connectivity index is 1.61. The summed E-state index contributed by atoms with van der Waals surface area (Å²) >= 11 is 6.19. The standard InChI is InChI=1S/C25H22ClN3O2/c1-16(2)31-20-8-5-17(6-9-20)14-28-25(30)22-13-24(18-4-3-11-27-15-18)29-23-10-7-19(26)12-21(22)23/h3-13,15-16H,14H2,1-2H3,(H,28,30). The number of hydrogen-bond donors (Lipinski definition) is 1. The summed E-state index contributed by atoms with van der Waals surface area (Å²) in [5.41, 5.74) is 3.72. The van der Waals surface area contributed by atoms with Crippen LogP contribution in [0.5, 0.6) is 5.75 Å². The minimum Gasteiger partial charge on any atom is -0.491 e. The molecule has 0 spiro atoms. The number of rotatable bonds is 6. The molecular formula is C25H22ClN3O2. The summed E-state index contributed by atoms with van der Waals surface area (Å²) < 4.78 is 5.67. The maximum Gasteiger partial charge on any atom is 0.252 e. The van der Waals surface area contributed by atoms with Crippen molar-refractivity contribution in [2.75, 3.05) is 0 Å². The molecule has 4 rings (SSSR count). The van der Waals surface area contributed by atoms with E-state index in [2.05, 4.69) is 15.3 Å². The summed E-state index contributed by atoms with van der Waals surface area (Å²) in [4.78, 5) is 22.0. The van der Waals surface area contributed by atoms with Gasteiger partial charge >= 0.3 is 0 Å². The minimum atomic E-state index is -0.192. The first-order valence-corrected chi connectivity index (χ1v) is 10.4. The molecule has 4 aromatic rings. The van der Waals surface area contributed by atoms with Crippen molar-refractivity contribution >= 4 is 28.4 Å². The molecular weight excluding hydrogens is 410 g/mol. The largest absolute Gasteiger partial charge is 0.491 e. The monoisotopic (exact) mass is 431 g/mol. The molecule has 0 unspecified atom stereocenters. The van der Waals surface area contributed by atoms with Gasteiger partial charge in [-0.05, 0) is 67.9 Å². The number of aromatic nitrogens is 2. The number of fused-ring (bicyclic) bond motifs is 1. The molecule has 0 aliphatic rings. The van der Waals surface area contributed by atoms with E-state index in [4.69, 9.17) is 16.3 Å². The van der Waals surface area contributed by atoms with Gasteiger partial charge in [0, 0.05) is 34.9 Å². The third-order valence-electron chi connectivity index (χ3n) is 4.72. The number of pyridine rings is 2. The summed E-state index contributed by atoms with van der Waals surface area (Å²) in [5.74, 6) is 0.614. The topological polar surface area (TPSA) is 64.1 Å². The predicted octanol–water partition coefficient (Wildman–Crippen LogP) is 5.67. The lowest BCUT2D eigenvalue weighted by molar-refractivity contribution is 0.0952. The van der Waals surface area contributed by atoms with E-state index < -0.39 is 0 Å². The van der Waals surface area contributed by atoms with E-state index >= 15 is 0 Å². The minimum absolute atomic E-state index is 0.117. The fourth-order valence-corrected chi connectivity index (χ4v) is 3.46. The maximum absolute atomic E-state index is 13.1. The number of nitrogens with one attached hydrogen (secondary N) is 1. The van der Waals surface area contributed by atoms with Crippen LogP contribution in [0.4, 0.5) is 0 Å². The second-order valence-corrected chi connectivity index (χ2v) is 7.89. The molecule has 156 valence electrons. The summed E-state index contributed by atoms with van der Waals surface area (Å²) in [6.45, 7) is 4.37. The summed E-state index contributed by atoms with van der Waals surface area (Å²) in [6.07, 6.45) is 3.55. The fourth-order valence-electron chi connectivity index (χ4n) is 3.28. The lowest BCUT2D eigenvalue weighted by Crippen LogP contribution is -2.23. The van der Waals surface area contributed by atoms with E-state index in [1.807, 2.05) is 56.3 Å². The van der Waals surface area contributed by atoms with Crippen molar-refractivity contribution in [3.05, 3.63) is 89.2 Å². The van der Waals surface area contributed by atoms with Gasteiger partial charge in [0.2, 0.25) is 0 Å². The number of ether oxygens (including phenoxy) is 1. The Morgan fingerprint density at radius 1 is 1.10 bits per heavy atom. The maximum atomic E-state index is 13.1. The lowest BCUT2D eigenvalue weighted by Gasteiger charge is -2.12. The average Bonchev–Trinajstić information content (AvgIpc) is 2.78. The number of carbonyl (C=O) groups excluding carboxylic acids is 1. The van der Waals surface area contributed by atoms with E-state index in [0.29, 0.717) is 33.7 Å². The molecule has 0 atom stereocenters. The Morgan fingerprint density at radius 3 is 2.61 bits per heavy atom. The lowest BCUT2D eigenvalue weighted by atomic mass is 10.0. The first-order valence-electron chi connectivity index (χ1n) is 10.0. The Hall–Kier alpha value is -3.44. The predicted molar refractivity (Wildman–Crippen MR) is 123 cm³/mol. The van der Waals surface area contributed by atoms with E-state index in [-0.39, 0.29) is 12.0 Å². The molecule has 0 saturated heterocycles. The molecule has 0 radical (unpaired) electrons. The normalized spacial score (nSPS) is 11.0. The van der Waals surface area contributed by atoms with Gasteiger partial charge in [0.1, 0.15) is 5.75 Å². The van der Waals surface area contributed by atoms with Crippen molar-refractivity contribution in [2.24, 2.45) is 0 Å². The van der Waals surface area contributed by atoms with E-state index in [1.165, 1.54) is 0 Å². The number of nitrogens with zero attached hydrogens (tertiary/aromatic N) is 2. The zero-order valence-corrected chi connectivity index (χ0v) is 18.1. The van der Waals surface area contributed by atoms with E-state index in [0.717, 1.165) is 16.9 Å². The molecule has 0 fully saturated rings. The number of hydrogen-bond acceptors (Lipinski definition) is 4. The fraction of sp³-hybridized carbons (Fsp3) is 0.160. The molecule has 2 aromatic heterocycles. The molecule has 2 aromatic carbocycles. The van der Waals surface area contributed by atoms with Gasteiger partial charge in [-0.15, -0.1) is 0 Å². The molecule has 2 heterocycles. The van der Waals surface area contributed by atoms with Crippen LogP contribution in [0.3, 0.4) is 0 Å². The SMILES string of the molecule is CC(C)Oc1ccc(CNC(=O)c2cc(-c3cccnc3)nc3ccc(Cl)cc23)cc1. The van der Waals surface area contributed by atoms with Gasteiger partial charge in [-0.25, -0.2) is 4.98 Å². The van der Waals surface area contributed by atoms with Crippen LogP contribution in [0.2, 0.25) is 5.02 Å². The molecule has 0 saturated carbocycles. The van der Waals surface area contributed by atoms with Crippen LogP contribution in [0.25, 0.3) is 22.2 Å². The van der Waals surface area contributed by atoms with Gasteiger partial charge in [0.25, 0.3) is 5.91 Å². The molecule has 5 nitrogen and oxygen atoms in total. The smallest absolute Gasteiger partial charge is 0.252 e. The van der Waals surface area contributed by atoms with Crippen LogP contribution >= 0.6 is 11.6 Å². The number of carbonyl (C=O) groups is 1. The highest BCUT2D eigenvalue weighted by Crippen LogP contribution is 2.27. The average molecular weight is 432 g/mol. The second-order valence-electron chi connectivity index (χ2n) is 7.45. The van der Waals surface area contributed by atoms with E-state index in [9.17, 15) is 4.79 Å². The number of halogens is 1. The van der Waals surface area contributed by atoms with Crippen LogP contribution in [0.1, 0.15) is 29.8 Å². The van der Waals surface area contributed by atoms with Crippen molar-refractivity contribution < 1.29 is 9.53 Å². The van der Waals surface area contributed by atoms with Gasteiger partial charge in [0.05, 0.1) is 22.9 Å². The van der Waals surface area contributed by atoms with Crippen molar-refractivity contribution in [1.82, 2.24) is 15.3 Å². The van der Waals surface area contributed by atoms with Crippen LogP contribution in [-0.2, 0) is 6.54 Å². The van der Waals surface area contributed by atoms with Crippen molar-refractivity contribution in [1.29, 1.82) is 0 Å². The Morgan fingerprint density at radius 2 is 1.90 bits per heavy atom. The first-order chi connectivity index (χ1) is 15.0. The number of amides is 1. The van der Waals surface area contributed by atoms with Crippen LogP contribution in [0.15, 0.2) is 73.1 Å². The Bertz CT molecular complexity index is 1210. The zero-order chi connectivity index (χ0) is 21.8. The number of benzene rings is 2. The molecule has 0 bridgehead atoms. The van der Waals surface area contributed by atoms with Gasteiger partial charge in [-0.1, -0.05) is 23.7 Å². The van der Waals surface area contributed by atoms with Crippen LogP contribution in [-0.4, -0.2) is 22.0 Å². The first kappa shape index (κ1) is 20.8. The highest BCUT2D eigenvalue weighted by Gasteiger charge is 2.15. The molecule has 1 N–H and O–H groups in total. The quantitative estimate of drug-likeness (QED) is 0.427. The highest BCUT2D eigenvalue weighted by molar-refractivity contribution is 6.31. The van der Waals surface area contributed by atoms with E-state index in [1.54, 1.807) is 30.6 Å². The molecule has 1 amide bonds. The molecule has 0 aliphatic carbocycles.